The van der Waals surface area contributed by atoms with Crippen LogP contribution in [0.5, 0.6) is 0 Å². The van der Waals surface area contributed by atoms with Gasteiger partial charge in [-0.05, 0) is 109 Å². The highest BCUT2D eigenvalue weighted by Crippen LogP contribution is 2.35. The van der Waals surface area contributed by atoms with Crippen molar-refractivity contribution >= 4 is 22.6 Å². The maximum absolute atomic E-state index is 11.0. The number of aliphatic hydroxyl groups excluding tert-OH is 1. The van der Waals surface area contributed by atoms with Crippen LogP contribution in [0.25, 0.3) is 0 Å². The Bertz CT molecular complexity index is 672. The summed E-state index contributed by atoms with van der Waals surface area (Å²) in [7, 11) is 0. The fourth-order valence-corrected chi connectivity index (χ4v) is 3.63. The molecule has 2 rings (SSSR count). The van der Waals surface area contributed by atoms with E-state index in [1.807, 2.05) is 12.1 Å². The lowest BCUT2D eigenvalue weighted by molar-refractivity contribution is 0.217. The minimum atomic E-state index is -0.560. The van der Waals surface area contributed by atoms with Crippen LogP contribution in [0.15, 0.2) is 18.2 Å². The number of aryl methyl sites for hydroxylation is 1. The first kappa shape index (κ1) is 16.5. The molecule has 0 radical (unpaired) electrons. The van der Waals surface area contributed by atoms with Crippen molar-refractivity contribution in [1.82, 2.24) is 0 Å². The van der Waals surface area contributed by atoms with Crippen LogP contribution in [0.3, 0.4) is 0 Å². The van der Waals surface area contributed by atoms with E-state index < -0.39 is 6.10 Å². The first-order valence-electron chi connectivity index (χ1n) is 7.27. The second-order valence-corrected chi connectivity index (χ2v) is 7.00. The Hall–Kier alpha value is -0.870. The maximum atomic E-state index is 11.0. The third-order valence-corrected chi connectivity index (χ3v) is 6.32. The summed E-state index contributed by atoms with van der Waals surface area (Å²) in [6, 6.07) is 6.14. The van der Waals surface area contributed by atoms with Crippen LogP contribution >= 0.6 is 22.6 Å². The highest BCUT2D eigenvalue weighted by molar-refractivity contribution is 14.1. The molecule has 0 fully saturated rings. The fourth-order valence-electron chi connectivity index (χ4n) is 2.98. The molecule has 0 aliphatic carbocycles. The van der Waals surface area contributed by atoms with Gasteiger partial charge in [0.1, 0.15) is 6.10 Å². The molecule has 0 aliphatic rings. The van der Waals surface area contributed by atoms with E-state index in [2.05, 4.69) is 70.2 Å². The van der Waals surface area contributed by atoms with Crippen LogP contribution in [-0.2, 0) is 0 Å². The first-order chi connectivity index (χ1) is 9.77. The summed E-state index contributed by atoms with van der Waals surface area (Å²) in [5, 5.41) is 11.0. The Labute approximate surface area is 141 Å². The van der Waals surface area contributed by atoms with E-state index in [1.54, 1.807) is 0 Å². The highest BCUT2D eigenvalue weighted by Gasteiger charge is 2.21. The number of benzene rings is 2. The Kier molecular flexibility index (Phi) is 4.79. The Balaban J connectivity index is 2.70. The second kappa shape index (κ2) is 6.09. The molecule has 0 aromatic heterocycles. The van der Waals surface area contributed by atoms with Crippen molar-refractivity contribution in [3.63, 3.8) is 0 Å². The molecule has 0 heterocycles. The number of rotatable bonds is 2. The lowest BCUT2D eigenvalue weighted by Gasteiger charge is -2.23. The van der Waals surface area contributed by atoms with Gasteiger partial charge in [0.15, 0.2) is 0 Å². The smallest absolute Gasteiger partial charge is 0.106 e. The standard InChI is InChI=1S/C19H23IO/c1-10-8-7-9-16(18(10)20)19(21)17-14(5)12(3)11(2)13(4)15(17)6/h7-9,19,21H,1-6H3. The average molecular weight is 394 g/mol. The van der Waals surface area contributed by atoms with Crippen molar-refractivity contribution in [3.8, 4) is 0 Å². The van der Waals surface area contributed by atoms with Gasteiger partial charge in [-0.15, -0.1) is 0 Å². The van der Waals surface area contributed by atoms with Crippen molar-refractivity contribution in [1.29, 1.82) is 0 Å². The molecule has 21 heavy (non-hydrogen) atoms. The molecule has 2 heteroatoms. The van der Waals surface area contributed by atoms with Crippen LogP contribution in [0.4, 0.5) is 0 Å². The van der Waals surface area contributed by atoms with Crippen LogP contribution in [0, 0.1) is 45.1 Å². The largest absolute Gasteiger partial charge is 0.384 e. The molecule has 112 valence electrons. The summed E-state index contributed by atoms with van der Waals surface area (Å²) in [5.41, 5.74) is 9.61. The van der Waals surface area contributed by atoms with E-state index >= 15 is 0 Å². The van der Waals surface area contributed by atoms with Crippen molar-refractivity contribution in [2.24, 2.45) is 0 Å². The van der Waals surface area contributed by atoms with E-state index in [4.69, 9.17) is 0 Å². The molecule has 2 aromatic rings. The second-order valence-electron chi connectivity index (χ2n) is 5.92. The Morgan fingerprint density at radius 2 is 1.29 bits per heavy atom. The van der Waals surface area contributed by atoms with Gasteiger partial charge < -0.3 is 5.11 Å². The quantitative estimate of drug-likeness (QED) is 0.693. The molecule has 0 amide bonds. The molecular formula is C19H23IO. The van der Waals surface area contributed by atoms with Crippen molar-refractivity contribution in [2.45, 2.75) is 47.6 Å². The van der Waals surface area contributed by atoms with Crippen LogP contribution < -0.4 is 0 Å². The van der Waals surface area contributed by atoms with E-state index in [0.717, 1.165) is 14.7 Å². The minimum absolute atomic E-state index is 0.560. The number of aliphatic hydroxyl groups is 1. The summed E-state index contributed by atoms with van der Waals surface area (Å²) in [6.07, 6.45) is -0.560. The van der Waals surface area contributed by atoms with Gasteiger partial charge in [0, 0.05) is 3.57 Å². The van der Waals surface area contributed by atoms with Gasteiger partial charge in [0.2, 0.25) is 0 Å². The zero-order valence-electron chi connectivity index (χ0n) is 13.6. The number of hydrogen-bond donors (Lipinski definition) is 1. The topological polar surface area (TPSA) is 20.2 Å². The lowest BCUT2D eigenvalue weighted by Crippen LogP contribution is -2.10. The zero-order chi connectivity index (χ0) is 15.9. The van der Waals surface area contributed by atoms with Crippen LogP contribution in [0.2, 0.25) is 0 Å². The molecule has 0 aliphatic heterocycles. The van der Waals surface area contributed by atoms with E-state index in [0.29, 0.717) is 0 Å². The normalized spacial score (nSPS) is 12.6. The van der Waals surface area contributed by atoms with E-state index in [1.165, 1.54) is 33.4 Å². The van der Waals surface area contributed by atoms with Gasteiger partial charge in [0.05, 0.1) is 0 Å². The van der Waals surface area contributed by atoms with E-state index in [9.17, 15) is 5.11 Å². The van der Waals surface area contributed by atoms with Gasteiger partial charge >= 0.3 is 0 Å². The SMILES string of the molecule is Cc1cccc(C(O)c2c(C)c(C)c(C)c(C)c2C)c1I. The van der Waals surface area contributed by atoms with Gasteiger partial charge in [-0.25, -0.2) is 0 Å². The molecule has 0 spiro atoms. The molecule has 0 saturated carbocycles. The fraction of sp³-hybridized carbons (Fsp3) is 0.368. The third-order valence-electron chi connectivity index (χ3n) is 4.85. The molecule has 0 saturated heterocycles. The van der Waals surface area contributed by atoms with Crippen molar-refractivity contribution in [2.75, 3.05) is 0 Å². The summed E-state index contributed by atoms with van der Waals surface area (Å²) in [6.45, 7) is 12.8. The minimum Gasteiger partial charge on any atom is -0.384 e. The van der Waals surface area contributed by atoms with Gasteiger partial charge in [-0.3, -0.25) is 0 Å². The highest BCUT2D eigenvalue weighted by atomic mass is 127. The Morgan fingerprint density at radius 1 is 0.810 bits per heavy atom. The average Bonchev–Trinajstić information content (AvgIpc) is 2.46. The first-order valence-corrected chi connectivity index (χ1v) is 8.35. The maximum Gasteiger partial charge on any atom is 0.106 e. The summed E-state index contributed by atoms with van der Waals surface area (Å²) in [5.74, 6) is 0. The zero-order valence-corrected chi connectivity index (χ0v) is 15.8. The predicted octanol–water partition coefficient (Wildman–Crippen LogP) is 5.22. The van der Waals surface area contributed by atoms with Crippen molar-refractivity contribution < 1.29 is 5.11 Å². The third kappa shape index (κ3) is 2.76. The van der Waals surface area contributed by atoms with Crippen molar-refractivity contribution in [3.05, 3.63) is 66.3 Å². The lowest BCUT2D eigenvalue weighted by atomic mass is 9.85. The summed E-state index contributed by atoms with van der Waals surface area (Å²) < 4.78 is 1.15. The molecule has 2 aromatic carbocycles. The summed E-state index contributed by atoms with van der Waals surface area (Å²) >= 11 is 2.33. The number of halogens is 1. The summed E-state index contributed by atoms with van der Waals surface area (Å²) in [4.78, 5) is 0. The molecule has 1 nitrogen and oxygen atoms in total. The molecule has 1 N–H and O–H groups in total. The molecule has 1 unspecified atom stereocenters. The van der Waals surface area contributed by atoms with Gasteiger partial charge in [-0.2, -0.15) is 0 Å². The Morgan fingerprint density at radius 3 is 1.81 bits per heavy atom. The molecule has 1 atom stereocenters. The monoisotopic (exact) mass is 394 g/mol. The van der Waals surface area contributed by atoms with Crippen LogP contribution in [0.1, 0.15) is 50.6 Å². The number of hydrogen-bond acceptors (Lipinski definition) is 1. The predicted molar refractivity (Wildman–Crippen MR) is 98.1 cm³/mol. The molecule has 0 bridgehead atoms. The molecular weight excluding hydrogens is 371 g/mol. The van der Waals surface area contributed by atoms with Crippen LogP contribution in [-0.4, -0.2) is 5.11 Å². The van der Waals surface area contributed by atoms with Gasteiger partial charge in [0.25, 0.3) is 0 Å². The van der Waals surface area contributed by atoms with E-state index in [-0.39, 0.29) is 0 Å². The van der Waals surface area contributed by atoms with Gasteiger partial charge in [-0.1, -0.05) is 18.2 Å².